The first kappa shape index (κ1) is 23.2. The van der Waals surface area contributed by atoms with Gasteiger partial charge in [0.1, 0.15) is 17.1 Å². The average Bonchev–Trinajstić information content (AvgIpc) is 2.67. The molecule has 0 atom stereocenters. The smallest absolute Gasteiger partial charge is 0.407 e. The van der Waals surface area contributed by atoms with Crippen LogP contribution in [0, 0.1) is 13.8 Å². The Morgan fingerprint density at radius 1 is 0.900 bits per heavy atom. The van der Waals surface area contributed by atoms with E-state index in [1.807, 2.05) is 38.1 Å². The largest absolute Gasteiger partial charge is 0.444 e. The van der Waals surface area contributed by atoms with Crippen LogP contribution in [0.5, 0.6) is 11.5 Å². The number of fused-ring (bicyclic) bond motifs is 1. The molecule has 7 nitrogen and oxygen atoms in total. The van der Waals surface area contributed by atoms with Crippen molar-refractivity contribution in [3.63, 3.8) is 0 Å². The van der Waals surface area contributed by atoms with Crippen LogP contribution in [-0.2, 0) is 14.3 Å². The fourth-order valence-electron chi connectivity index (χ4n) is 2.82. The molecule has 0 unspecified atom stereocenters. The minimum absolute atomic E-state index is 0.0152. The van der Waals surface area contributed by atoms with Crippen LogP contribution in [0.25, 0.3) is 10.8 Å². The fraction of sp³-hybridized carbons (Fsp3) is 0.435. The first-order chi connectivity index (χ1) is 14.0. The first-order valence-electron chi connectivity index (χ1n) is 9.93. The lowest BCUT2D eigenvalue weighted by Crippen LogP contribution is -2.34. The van der Waals surface area contributed by atoms with Gasteiger partial charge in [0, 0.05) is 23.7 Å². The molecule has 162 valence electrons. The highest BCUT2D eigenvalue weighted by atomic mass is 16.6. The van der Waals surface area contributed by atoms with Gasteiger partial charge in [-0.15, -0.1) is 0 Å². The van der Waals surface area contributed by atoms with Crippen LogP contribution in [0.1, 0.15) is 51.7 Å². The average molecular weight is 415 g/mol. The van der Waals surface area contributed by atoms with E-state index < -0.39 is 17.7 Å². The van der Waals surface area contributed by atoms with E-state index in [0.717, 1.165) is 5.56 Å². The zero-order valence-electron chi connectivity index (χ0n) is 18.4. The van der Waals surface area contributed by atoms with Crippen LogP contribution in [-0.4, -0.2) is 30.2 Å². The van der Waals surface area contributed by atoms with Gasteiger partial charge in [-0.05, 0) is 45.7 Å². The van der Waals surface area contributed by atoms with Gasteiger partial charge < -0.3 is 19.5 Å². The third-order valence-corrected chi connectivity index (χ3v) is 4.38. The second-order valence-corrected chi connectivity index (χ2v) is 7.93. The van der Waals surface area contributed by atoms with Crippen molar-refractivity contribution < 1.29 is 28.6 Å². The Balaban J connectivity index is 2.19. The van der Waals surface area contributed by atoms with Gasteiger partial charge in [0.25, 0.3) is 0 Å². The molecule has 7 heteroatoms. The van der Waals surface area contributed by atoms with Crippen molar-refractivity contribution in [2.75, 3.05) is 6.54 Å². The Morgan fingerprint density at radius 2 is 1.40 bits per heavy atom. The minimum atomic E-state index is -0.610. The molecule has 0 aliphatic rings. The number of hydrogen-bond donors (Lipinski definition) is 1. The van der Waals surface area contributed by atoms with Crippen molar-refractivity contribution in [2.24, 2.45) is 0 Å². The Hall–Kier alpha value is -3.09. The van der Waals surface area contributed by atoms with Crippen LogP contribution in [0.4, 0.5) is 4.79 Å². The number of hydrogen-bond acceptors (Lipinski definition) is 6. The van der Waals surface area contributed by atoms with Crippen molar-refractivity contribution in [2.45, 2.75) is 60.0 Å². The highest BCUT2D eigenvalue weighted by Crippen LogP contribution is 2.40. The summed E-state index contributed by atoms with van der Waals surface area (Å²) in [5, 5.41) is 3.90. The number of ether oxygens (including phenoxy) is 3. The van der Waals surface area contributed by atoms with Gasteiger partial charge in [0.2, 0.25) is 0 Å². The Kier molecular flexibility index (Phi) is 7.43. The summed E-state index contributed by atoms with van der Waals surface area (Å²) < 4.78 is 16.3. The van der Waals surface area contributed by atoms with Crippen LogP contribution in [0.3, 0.4) is 0 Å². The fourth-order valence-corrected chi connectivity index (χ4v) is 2.82. The van der Waals surface area contributed by atoms with E-state index in [-0.39, 0.29) is 25.4 Å². The Labute approximate surface area is 176 Å². The van der Waals surface area contributed by atoms with Gasteiger partial charge >= 0.3 is 18.0 Å². The van der Waals surface area contributed by atoms with E-state index in [1.165, 1.54) is 0 Å². The molecule has 2 aromatic rings. The maximum absolute atomic E-state index is 12.4. The first-order valence-corrected chi connectivity index (χ1v) is 9.93. The van der Waals surface area contributed by atoms with Gasteiger partial charge in [-0.25, -0.2) is 4.79 Å². The summed E-state index contributed by atoms with van der Waals surface area (Å²) in [4.78, 5) is 36.0. The number of nitrogens with one attached hydrogen (secondary N) is 1. The van der Waals surface area contributed by atoms with Crippen molar-refractivity contribution in [3.8, 4) is 11.5 Å². The summed E-state index contributed by atoms with van der Waals surface area (Å²) in [5.74, 6) is 0.0700. The summed E-state index contributed by atoms with van der Waals surface area (Å²) in [7, 11) is 0. The quantitative estimate of drug-likeness (QED) is 0.548. The second kappa shape index (κ2) is 9.61. The molecule has 2 rings (SSSR count). The van der Waals surface area contributed by atoms with Crippen LogP contribution >= 0.6 is 0 Å². The molecular weight excluding hydrogens is 386 g/mol. The SMILES string of the molecule is CCC(=O)Oc1c(C)c(C)c(OC(=O)CCNC(=O)OC(C)(C)C)c2ccccc12. The molecular formula is C23H29NO6. The van der Waals surface area contributed by atoms with Crippen molar-refractivity contribution in [3.05, 3.63) is 35.4 Å². The van der Waals surface area contributed by atoms with E-state index in [1.54, 1.807) is 27.7 Å². The van der Waals surface area contributed by atoms with Gasteiger partial charge in [-0.3, -0.25) is 9.59 Å². The Morgan fingerprint density at radius 3 is 1.87 bits per heavy atom. The highest BCUT2D eigenvalue weighted by Gasteiger charge is 2.20. The number of esters is 2. The van der Waals surface area contributed by atoms with Crippen LogP contribution in [0.2, 0.25) is 0 Å². The van der Waals surface area contributed by atoms with E-state index in [4.69, 9.17) is 14.2 Å². The summed E-state index contributed by atoms with van der Waals surface area (Å²) in [6.07, 6.45) is -0.345. The van der Waals surface area contributed by atoms with Crippen molar-refractivity contribution in [1.82, 2.24) is 5.32 Å². The number of carbonyl (C=O) groups excluding carboxylic acids is 3. The molecule has 0 radical (unpaired) electrons. The van der Waals surface area contributed by atoms with Crippen molar-refractivity contribution in [1.29, 1.82) is 0 Å². The second-order valence-electron chi connectivity index (χ2n) is 7.93. The standard InChI is InChI=1S/C23H29NO6/c1-7-18(25)28-20-14(2)15(3)21(17-11-9-8-10-16(17)20)29-19(26)12-13-24-22(27)30-23(4,5)6/h8-11H,7,12-13H2,1-6H3,(H,24,27). The lowest BCUT2D eigenvalue weighted by Gasteiger charge is -2.19. The topological polar surface area (TPSA) is 90.9 Å². The normalized spacial score (nSPS) is 11.1. The van der Waals surface area contributed by atoms with Crippen LogP contribution < -0.4 is 14.8 Å². The van der Waals surface area contributed by atoms with E-state index in [2.05, 4.69) is 5.32 Å². The lowest BCUT2D eigenvalue weighted by molar-refractivity contribution is -0.135. The van der Waals surface area contributed by atoms with E-state index >= 15 is 0 Å². The van der Waals surface area contributed by atoms with Gasteiger partial charge in [-0.1, -0.05) is 31.2 Å². The molecule has 0 saturated carbocycles. The molecule has 0 aliphatic heterocycles. The van der Waals surface area contributed by atoms with E-state index in [9.17, 15) is 14.4 Å². The van der Waals surface area contributed by atoms with Gasteiger partial charge in [0.15, 0.2) is 0 Å². The number of carbonyl (C=O) groups is 3. The molecule has 0 fully saturated rings. The maximum atomic E-state index is 12.4. The number of rotatable bonds is 6. The molecule has 0 spiro atoms. The van der Waals surface area contributed by atoms with Crippen LogP contribution in [0.15, 0.2) is 24.3 Å². The third kappa shape index (κ3) is 5.95. The number of amides is 1. The molecule has 30 heavy (non-hydrogen) atoms. The van der Waals surface area contributed by atoms with E-state index in [0.29, 0.717) is 27.8 Å². The number of alkyl carbamates (subject to hydrolysis) is 1. The van der Waals surface area contributed by atoms with Gasteiger partial charge in [-0.2, -0.15) is 0 Å². The summed E-state index contributed by atoms with van der Waals surface area (Å²) in [6, 6.07) is 7.29. The number of benzene rings is 2. The summed E-state index contributed by atoms with van der Waals surface area (Å²) in [5.41, 5.74) is 0.826. The Bertz CT molecular complexity index is 958. The third-order valence-electron chi connectivity index (χ3n) is 4.38. The molecule has 0 saturated heterocycles. The van der Waals surface area contributed by atoms with Gasteiger partial charge in [0.05, 0.1) is 6.42 Å². The predicted molar refractivity (Wildman–Crippen MR) is 114 cm³/mol. The minimum Gasteiger partial charge on any atom is -0.444 e. The van der Waals surface area contributed by atoms with Crippen molar-refractivity contribution >= 4 is 28.8 Å². The molecule has 2 aromatic carbocycles. The molecule has 0 aliphatic carbocycles. The maximum Gasteiger partial charge on any atom is 0.407 e. The summed E-state index contributed by atoms with van der Waals surface area (Å²) >= 11 is 0. The highest BCUT2D eigenvalue weighted by molar-refractivity contribution is 5.98. The predicted octanol–water partition coefficient (Wildman–Crippen LogP) is 4.59. The monoisotopic (exact) mass is 415 g/mol. The molecule has 0 bridgehead atoms. The molecule has 0 heterocycles. The zero-order chi connectivity index (χ0) is 22.5. The summed E-state index contributed by atoms with van der Waals surface area (Å²) in [6.45, 7) is 10.7. The molecule has 1 N–H and O–H groups in total. The zero-order valence-corrected chi connectivity index (χ0v) is 18.4. The lowest BCUT2D eigenvalue weighted by atomic mass is 9.99. The molecule has 1 amide bonds. The molecule has 0 aromatic heterocycles.